The highest BCUT2D eigenvalue weighted by Gasteiger charge is 2.45. The second-order valence-corrected chi connectivity index (χ2v) is 16.0. The fourth-order valence-electron chi connectivity index (χ4n) is 6.88. The van der Waals surface area contributed by atoms with Gasteiger partial charge in [-0.15, -0.1) is 0 Å². The van der Waals surface area contributed by atoms with Crippen LogP contribution in [0, 0.1) is 0 Å². The van der Waals surface area contributed by atoms with E-state index in [2.05, 4.69) is 23.3 Å². The van der Waals surface area contributed by atoms with Gasteiger partial charge in [-0.1, -0.05) is 37.1 Å². The number of hydrogen-bond donors (Lipinski definition) is 1. The first-order valence-corrected chi connectivity index (χ1v) is 19.0. The van der Waals surface area contributed by atoms with Gasteiger partial charge in [-0.3, -0.25) is 4.79 Å². The molecule has 0 radical (unpaired) electrons. The Morgan fingerprint density at radius 1 is 0.957 bits per heavy atom. The van der Waals surface area contributed by atoms with E-state index in [4.69, 9.17) is 9.63 Å². The maximum atomic E-state index is 12.4. The van der Waals surface area contributed by atoms with Crippen molar-refractivity contribution in [1.29, 1.82) is 0 Å². The van der Waals surface area contributed by atoms with Gasteiger partial charge in [0, 0.05) is 59.9 Å². The number of anilines is 1. The lowest BCUT2D eigenvalue weighted by molar-refractivity contribution is -0.433. The maximum absolute atomic E-state index is 12.4. The van der Waals surface area contributed by atoms with Gasteiger partial charge in [-0.05, 0) is 96.3 Å². The Bertz CT molecular complexity index is 1750. The van der Waals surface area contributed by atoms with Gasteiger partial charge in [-0.25, -0.2) is 0 Å². The monoisotopic (exact) mass is 682 g/mol. The lowest BCUT2D eigenvalue weighted by Crippen LogP contribution is -2.29. The summed E-state index contributed by atoms with van der Waals surface area (Å²) in [7, 11) is -7.96. The molecular formula is C35H44N2O8P2-2. The normalized spacial score (nSPS) is 21.2. The van der Waals surface area contributed by atoms with Crippen LogP contribution in [0.1, 0.15) is 77.8 Å². The third-order valence-corrected chi connectivity index (χ3v) is 11.7. The standard InChI is InChI=1S/C35H46N2O8P2/c1-7-36-29-21-19-26(47(43,44)45-6)24-27(29)34(3,4)31(36)15-11-9-12-16-32-35(5,22-14-10-13-17-33(38)39)28-23-25(46(40,41)42)18-20-30(28)37(32)8-2/h9,11-12,15-16,18-21,23-24H,7-8,10,13-14,17,22H2,1-6H3,(H3-,38,39,40,41,42,43,44)/p-2. The average molecular weight is 683 g/mol. The largest absolute Gasteiger partial charge is 0.807 e. The molecule has 2 aromatic carbocycles. The van der Waals surface area contributed by atoms with Crippen LogP contribution < -0.4 is 30.2 Å². The Morgan fingerprint density at radius 2 is 1.64 bits per heavy atom. The van der Waals surface area contributed by atoms with Crippen molar-refractivity contribution in [2.45, 2.75) is 77.6 Å². The fourth-order valence-corrected chi connectivity index (χ4v) is 8.18. The molecule has 2 aliphatic rings. The van der Waals surface area contributed by atoms with Gasteiger partial charge in [0.1, 0.15) is 6.54 Å². The first-order chi connectivity index (χ1) is 22.0. The molecule has 2 aromatic rings. The van der Waals surface area contributed by atoms with Gasteiger partial charge in [0.25, 0.3) is 0 Å². The number of aliphatic carboxylic acids is 1. The SMILES string of the molecule is CCN1/C(=C/C=C/C=C/C2=[N+](CC)c3ccc(P(=O)([O-])OC)cc3C2(C)C)C(C)(CCCCCC(=O)O)c2cc(P(=O)([O-])[O-])ccc21. The van der Waals surface area contributed by atoms with E-state index in [1.54, 1.807) is 18.2 Å². The quantitative estimate of drug-likeness (QED) is 0.133. The van der Waals surface area contributed by atoms with E-state index in [1.807, 2.05) is 57.2 Å². The molecule has 0 saturated carbocycles. The Balaban J connectivity index is 1.66. The first kappa shape index (κ1) is 36.7. The zero-order valence-electron chi connectivity index (χ0n) is 27.9. The molecule has 0 spiro atoms. The molecule has 12 heteroatoms. The molecular weight excluding hydrogens is 638 g/mol. The number of allylic oxidation sites excluding steroid dienone is 6. The molecule has 2 heterocycles. The zero-order chi connectivity index (χ0) is 34.8. The number of carboxylic acids is 1. The third kappa shape index (κ3) is 7.34. The predicted molar refractivity (Wildman–Crippen MR) is 180 cm³/mol. The van der Waals surface area contributed by atoms with Crippen LogP contribution in [0.2, 0.25) is 0 Å². The maximum Gasteiger partial charge on any atom is 0.303 e. The van der Waals surface area contributed by atoms with Crippen LogP contribution >= 0.6 is 15.2 Å². The number of benzene rings is 2. The molecule has 1 N–H and O–H groups in total. The fraction of sp³-hybridized carbons (Fsp3) is 0.429. The Hall–Kier alpha value is -3.10. The minimum atomic E-state index is -4.96. The predicted octanol–water partition coefficient (Wildman–Crippen LogP) is 4.28. The van der Waals surface area contributed by atoms with E-state index < -0.39 is 32.0 Å². The van der Waals surface area contributed by atoms with Crippen molar-refractivity contribution in [2.75, 3.05) is 25.1 Å². The van der Waals surface area contributed by atoms with Gasteiger partial charge < -0.3 is 38.3 Å². The van der Waals surface area contributed by atoms with Crippen LogP contribution in [0.3, 0.4) is 0 Å². The molecule has 0 amide bonds. The molecule has 2 unspecified atom stereocenters. The van der Waals surface area contributed by atoms with Crippen molar-refractivity contribution in [3.05, 3.63) is 83.6 Å². The van der Waals surface area contributed by atoms with Gasteiger partial charge in [0.2, 0.25) is 5.69 Å². The Labute approximate surface area is 277 Å². The van der Waals surface area contributed by atoms with E-state index >= 15 is 0 Å². The van der Waals surface area contributed by atoms with Gasteiger partial charge in [0.15, 0.2) is 13.3 Å². The summed E-state index contributed by atoms with van der Waals surface area (Å²) in [4.78, 5) is 49.5. The molecule has 0 aromatic heterocycles. The highest BCUT2D eigenvalue weighted by Crippen LogP contribution is 2.51. The van der Waals surface area contributed by atoms with E-state index in [-0.39, 0.29) is 17.0 Å². The van der Waals surface area contributed by atoms with Crippen molar-refractivity contribution >= 4 is 48.9 Å². The molecule has 2 aliphatic heterocycles. The summed E-state index contributed by atoms with van der Waals surface area (Å²) < 4.78 is 31.3. The number of rotatable bonds is 14. The van der Waals surface area contributed by atoms with Gasteiger partial charge in [-0.2, -0.15) is 4.58 Å². The number of likely N-dealkylation sites (N-methyl/N-ethyl adjacent to an activating group) is 1. The van der Waals surface area contributed by atoms with Gasteiger partial charge in [0.05, 0.1) is 5.41 Å². The van der Waals surface area contributed by atoms with Crippen LogP contribution in [0.4, 0.5) is 11.4 Å². The summed E-state index contributed by atoms with van der Waals surface area (Å²) in [5.74, 6) is -0.834. The highest BCUT2D eigenvalue weighted by molar-refractivity contribution is 7.59. The van der Waals surface area contributed by atoms with E-state index in [1.165, 1.54) is 12.1 Å². The number of carbonyl (C=O) groups is 1. The molecule has 10 nitrogen and oxygen atoms in total. The molecule has 2 atom stereocenters. The Kier molecular flexibility index (Phi) is 11.1. The van der Waals surface area contributed by atoms with E-state index in [0.29, 0.717) is 32.4 Å². The van der Waals surface area contributed by atoms with Crippen LogP contribution in [-0.4, -0.2) is 41.6 Å². The van der Waals surface area contributed by atoms with Crippen molar-refractivity contribution in [3.63, 3.8) is 0 Å². The molecule has 0 saturated heterocycles. The van der Waals surface area contributed by atoms with Crippen LogP contribution in [0.15, 0.2) is 72.5 Å². The smallest absolute Gasteiger partial charge is 0.303 e. The molecule has 0 fully saturated rings. The summed E-state index contributed by atoms with van der Waals surface area (Å²) in [5, 5.41) is 8.94. The third-order valence-electron chi connectivity index (χ3n) is 9.40. The molecule has 0 bridgehead atoms. The van der Waals surface area contributed by atoms with Crippen molar-refractivity contribution in [1.82, 2.24) is 0 Å². The lowest BCUT2D eigenvalue weighted by Gasteiger charge is -2.32. The Morgan fingerprint density at radius 3 is 2.26 bits per heavy atom. The minimum Gasteiger partial charge on any atom is -0.807 e. The first-order valence-electron chi connectivity index (χ1n) is 15.9. The van der Waals surface area contributed by atoms with Gasteiger partial charge >= 0.3 is 5.97 Å². The average Bonchev–Trinajstić information content (AvgIpc) is 3.38. The molecule has 0 aliphatic carbocycles. The van der Waals surface area contributed by atoms with Crippen LogP contribution in [0.25, 0.3) is 0 Å². The van der Waals surface area contributed by atoms with Crippen molar-refractivity contribution < 1.29 is 42.8 Å². The number of fused-ring (bicyclic) bond motifs is 2. The van der Waals surface area contributed by atoms with Crippen molar-refractivity contribution in [3.8, 4) is 0 Å². The topological polar surface area (TPSA) is 156 Å². The number of carboxylic acid groups (broad SMARTS) is 1. The molecule has 254 valence electrons. The summed E-state index contributed by atoms with van der Waals surface area (Å²) in [6.45, 7) is 11.5. The van der Waals surface area contributed by atoms with E-state index in [0.717, 1.165) is 47.4 Å². The summed E-state index contributed by atoms with van der Waals surface area (Å²) in [6, 6.07) is 9.66. The summed E-state index contributed by atoms with van der Waals surface area (Å²) >= 11 is 0. The molecule has 4 rings (SSSR count). The highest BCUT2D eigenvalue weighted by atomic mass is 31.2. The summed E-state index contributed by atoms with van der Waals surface area (Å²) in [6.07, 6.45) is 12.6. The number of unbranched alkanes of at least 4 members (excludes halogenated alkanes) is 2. The zero-order valence-corrected chi connectivity index (χ0v) is 29.7. The second-order valence-electron chi connectivity index (χ2n) is 12.7. The minimum absolute atomic E-state index is 0.0932. The summed E-state index contributed by atoms with van der Waals surface area (Å²) in [5.41, 5.74) is 4.38. The van der Waals surface area contributed by atoms with E-state index in [9.17, 15) is 28.6 Å². The van der Waals surface area contributed by atoms with Crippen LogP contribution in [0.5, 0.6) is 0 Å². The number of hydrogen-bond acceptors (Lipinski definition) is 8. The molecule has 47 heavy (non-hydrogen) atoms. The lowest BCUT2D eigenvalue weighted by atomic mass is 9.77. The van der Waals surface area contributed by atoms with Crippen molar-refractivity contribution in [2.24, 2.45) is 0 Å². The number of nitrogens with zero attached hydrogens (tertiary/aromatic N) is 2. The second kappa shape index (κ2) is 14.2. The van der Waals surface area contributed by atoms with Crippen LogP contribution in [-0.2, 0) is 29.3 Å².